The zero-order chi connectivity index (χ0) is 14.8. The molecule has 5 nitrogen and oxygen atoms in total. The fraction of sp³-hybridized carbons (Fsp3) is 0.0769. The van der Waals surface area contributed by atoms with Crippen LogP contribution in [0.25, 0.3) is 0 Å². The molecule has 0 bridgehead atoms. The minimum Gasteiger partial charge on any atom is -0.497 e. The Hall–Kier alpha value is -1.73. The largest absolute Gasteiger partial charge is 0.497 e. The van der Waals surface area contributed by atoms with Crippen molar-refractivity contribution in [2.75, 3.05) is 17.6 Å². The molecular weight excluding hydrogens is 344 g/mol. The van der Waals surface area contributed by atoms with Crippen LogP contribution in [-0.2, 0) is 10.0 Å². The first-order valence-corrected chi connectivity index (χ1v) is 7.92. The number of sulfonamides is 1. The molecule has 106 valence electrons. The summed E-state index contributed by atoms with van der Waals surface area (Å²) in [5.41, 5.74) is 6.28. The van der Waals surface area contributed by atoms with Gasteiger partial charge in [0.15, 0.2) is 0 Å². The quantitative estimate of drug-likeness (QED) is 0.825. The number of ether oxygens (including phenoxy) is 1. The summed E-state index contributed by atoms with van der Waals surface area (Å²) >= 11 is 3.29. The van der Waals surface area contributed by atoms with Gasteiger partial charge in [-0.15, -0.1) is 0 Å². The van der Waals surface area contributed by atoms with E-state index < -0.39 is 10.0 Å². The molecule has 0 spiro atoms. The van der Waals surface area contributed by atoms with Crippen LogP contribution >= 0.6 is 15.9 Å². The van der Waals surface area contributed by atoms with Gasteiger partial charge in [0.1, 0.15) is 10.6 Å². The SMILES string of the molecule is COc1cc(Br)cc(NS(=O)(=O)c2ccccc2N)c1. The molecular formula is C13H13BrN2O3S. The Morgan fingerprint density at radius 3 is 2.55 bits per heavy atom. The summed E-state index contributed by atoms with van der Waals surface area (Å²) in [6.07, 6.45) is 0. The molecule has 0 aliphatic carbocycles. The first-order valence-electron chi connectivity index (χ1n) is 5.64. The number of nitrogens with one attached hydrogen (secondary N) is 1. The number of rotatable bonds is 4. The van der Waals surface area contributed by atoms with Crippen LogP contribution in [-0.4, -0.2) is 15.5 Å². The minimum atomic E-state index is -3.74. The lowest BCUT2D eigenvalue weighted by atomic mass is 10.3. The first kappa shape index (κ1) is 14.7. The van der Waals surface area contributed by atoms with E-state index in [1.54, 1.807) is 30.3 Å². The summed E-state index contributed by atoms with van der Waals surface area (Å²) in [6.45, 7) is 0. The number of hydrogen-bond donors (Lipinski definition) is 2. The van der Waals surface area contributed by atoms with Crippen molar-refractivity contribution >= 4 is 37.3 Å². The monoisotopic (exact) mass is 356 g/mol. The molecule has 0 aliphatic heterocycles. The highest BCUT2D eigenvalue weighted by Gasteiger charge is 2.17. The van der Waals surface area contributed by atoms with Gasteiger partial charge >= 0.3 is 0 Å². The van der Waals surface area contributed by atoms with Gasteiger partial charge in [0.05, 0.1) is 18.5 Å². The Balaban J connectivity index is 2.38. The van der Waals surface area contributed by atoms with Crippen molar-refractivity contribution in [1.82, 2.24) is 0 Å². The van der Waals surface area contributed by atoms with Crippen LogP contribution in [0.15, 0.2) is 51.8 Å². The molecule has 0 fully saturated rings. The summed E-state index contributed by atoms with van der Waals surface area (Å²) in [6, 6.07) is 11.2. The smallest absolute Gasteiger partial charge is 0.263 e. The second-order valence-electron chi connectivity index (χ2n) is 4.02. The zero-order valence-corrected chi connectivity index (χ0v) is 13.0. The highest BCUT2D eigenvalue weighted by Crippen LogP contribution is 2.27. The Morgan fingerprint density at radius 2 is 1.90 bits per heavy atom. The van der Waals surface area contributed by atoms with Crippen LogP contribution < -0.4 is 15.2 Å². The van der Waals surface area contributed by atoms with Crippen molar-refractivity contribution in [2.24, 2.45) is 0 Å². The molecule has 0 aromatic heterocycles. The van der Waals surface area contributed by atoms with Crippen molar-refractivity contribution in [1.29, 1.82) is 0 Å². The topological polar surface area (TPSA) is 81.4 Å². The molecule has 2 rings (SSSR count). The molecule has 0 radical (unpaired) electrons. The van der Waals surface area contributed by atoms with Crippen LogP contribution in [0.1, 0.15) is 0 Å². The fourth-order valence-corrected chi connectivity index (χ4v) is 3.32. The van der Waals surface area contributed by atoms with E-state index in [4.69, 9.17) is 10.5 Å². The second kappa shape index (κ2) is 5.72. The average molecular weight is 357 g/mol. The molecule has 2 aromatic carbocycles. The number of nitrogen functional groups attached to an aromatic ring is 1. The van der Waals surface area contributed by atoms with Crippen molar-refractivity contribution in [3.8, 4) is 5.75 Å². The highest BCUT2D eigenvalue weighted by molar-refractivity contribution is 9.10. The third kappa shape index (κ3) is 3.23. The van der Waals surface area contributed by atoms with Crippen molar-refractivity contribution in [2.45, 2.75) is 4.90 Å². The third-order valence-electron chi connectivity index (χ3n) is 2.57. The molecule has 0 saturated heterocycles. The second-order valence-corrected chi connectivity index (χ2v) is 6.59. The van der Waals surface area contributed by atoms with E-state index in [1.165, 1.54) is 19.2 Å². The van der Waals surface area contributed by atoms with Gasteiger partial charge < -0.3 is 10.5 Å². The highest BCUT2D eigenvalue weighted by atomic mass is 79.9. The Bertz CT molecular complexity index is 732. The number of methoxy groups -OCH3 is 1. The van der Waals surface area contributed by atoms with Crippen LogP contribution in [0.3, 0.4) is 0 Å². The van der Waals surface area contributed by atoms with Crippen LogP contribution in [0, 0.1) is 0 Å². The Labute approximate surface area is 125 Å². The van der Waals surface area contributed by atoms with Crippen LogP contribution in [0.4, 0.5) is 11.4 Å². The molecule has 7 heteroatoms. The molecule has 0 unspecified atom stereocenters. The summed E-state index contributed by atoms with van der Waals surface area (Å²) in [5, 5.41) is 0. The Morgan fingerprint density at radius 1 is 1.20 bits per heavy atom. The van der Waals surface area contributed by atoms with Gasteiger partial charge in [-0.05, 0) is 24.3 Å². The fourth-order valence-electron chi connectivity index (χ4n) is 1.67. The zero-order valence-electron chi connectivity index (χ0n) is 10.6. The van der Waals surface area contributed by atoms with Crippen molar-refractivity contribution in [3.05, 3.63) is 46.9 Å². The summed E-state index contributed by atoms with van der Waals surface area (Å²) in [7, 11) is -2.23. The summed E-state index contributed by atoms with van der Waals surface area (Å²) in [5.74, 6) is 0.540. The maximum atomic E-state index is 12.3. The number of nitrogens with two attached hydrogens (primary N) is 1. The van der Waals surface area contributed by atoms with E-state index in [1.807, 2.05) is 0 Å². The normalized spacial score (nSPS) is 11.1. The number of halogens is 1. The van der Waals surface area contributed by atoms with Gasteiger partial charge in [-0.3, -0.25) is 4.72 Å². The average Bonchev–Trinajstić information content (AvgIpc) is 2.37. The molecule has 0 aliphatic rings. The number of hydrogen-bond acceptors (Lipinski definition) is 4. The summed E-state index contributed by atoms with van der Waals surface area (Å²) < 4.78 is 32.8. The molecule has 3 N–H and O–H groups in total. The van der Waals surface area contributed by atoms with Crippen LogP contribution in [0.2, 0.25) is 0 Å². The van der Waals surface area contributed by atoms with E-state index in [0.29, 0.717) is 15.9 Å². The lowest BCUT2D eigenvalue weighted by Gasteiger charge is -2.11. The predicted molar refractivity (Wildman–Crippen MR) is 82.4 cm³/mol. The Kier molecular flexibility index (Phi) is 4.20. The number of benzene rings is 2. The maximum Gasteiger partial charge on any atom is 0.263 e. The molecule has 0 atom stereocenters. The molecule has 20 heavy (non-hydrogen) atoms. The van der Waals surface area contributed by atoms with E-state index >= 15 is 0 Å². The lowest BCUT2D eigenvalue weighted by molar-refractivity contribution is 0.415. The molecule has 0 heterocycles. The van der Waals surface area contributed by atoms with E-state index in [0.717, 1.165) is 0 Å². The van der Waals surface area contributed by atoms with Crippen molar-refractivity contribution < 1.29 is 13.2 Å². The maximum absolute atomic E-state index is 12.3. The molecule has 0 saturated carbocycles. The van der Waals surface area contributed by atoms with E-state index in [-0.39, 0.29) is 10.6 Å². The van der Waals surface area contributed by atoms with Gasteiger partial charge in [-0.1, -0.05) is 28.1 Å². The molecule has 0 amide bonds. The van der Waals surface area contributed by atoms with Gasteiger partial charge in [0, 0.05) is 10.5 Å². The minimum absolute atomic E-state index is 0.0407. The standard InChI is InChI=1S/C13H13BrN2O3S/c1-19-11-7-9(14)6-10(8-11)16-20(17,18)13-5-3-2-4-12(13)15/h2-8,16H,15H2,1H3. The number of para-hydroxylation sites is 1. The van der Waals surface area contributed by atoms with Gasteiger partial charge in [-0.25, -0.2) is 8.42 Å². The summed E-state index contributed by atoms with van der Waals surface area (Å²) in [4.78, 5) is 0.0407. The third-order valence-corrected chi connectivity index (χ3v) is 4.48. The number of anilines is 2. The van der Waals surface area contributed by atoms with Gasteiger partial charge in [0.25, 0.3) is 10.0 Å². The first-order chi connectivity index (χ1) is 9.42. The van der Waals surface area contributed by atoms with Gasteiger partial charge in [0.2, 0.25) is 0 Å². The van der Waals surface area contributed by atoms with E-state index in [9.17, 15) is 8.42 Å². The lowest BCUT2D eigenvalue weighted by Crippen LogP contribution is -2.14. The van der Waals surface area contributed by atoms with Crippen LogP contribution in [0.5, 0.6) is 5.75 Å². The predicted octanol–water partition coefficient (Wildman–Crippen LogP) is 2.84. The van der Waals surface area contributed by atoms with E-state index in [2.05, 4.69) is 20.7 Å². The van der Waals surface area contributed by atoms with Crippen molar-refractivity contribution in [3.63, 3.8) is 0 Å². The molecule has 2 aromatic rings. The van der Waals surface area contributed by atoms with Gasteiger partial charge in [-0.2, -0.15) is 0 Å².